The average Bonchev–Trinajstić information content (AvgIpc) is 2.00. The lowest BCUT2D eigenvalue weighted by molar-refractivity contribution is -0.169. The van der Waals surface area contributed by atoms with Gasteiger partial charge in [-0.15, -0.1) is 0 Å². The van der Waals surface area contributed by atoms with Crippen molar-refractivity contribution in [2.45, 2.75) is 18.3 Å². The molecule has 1 atom stereocenters. The highest BCUT2D eigenvalue weighted by Gasteiger charge is 2.29. The van der Waals surface area contributed by atoms with E-state index in [0.717, 1.165) is 0 Å². The molecular weight excluding hydrogens is 223 g/mol. The molecule has 0 aliphatic rings. The molecule has 14 heavy (non-hydrogen) atoms. The zero-order chi connectivity index (χ0) is 11.4. The van der Waals surface area contributed by atoms with Gasteiger partial charge in [-0.2, -0.15) is 13.2 Å². The van der Waals surface area contributed by atoms with Gasteiger partial charge < -0.3 is 10.5 Å². The highest BCUT2D eigenvalue weighted by atomic mass is 32.2. The first kappa shape index (κ1) is 13.7. The standard InChI is InChI=1S/C6H12F3NO3S/c1-5(2-10)14(11,12)4-13-3-6(7,8)9/h5H,2-4,10H2,1H3. The molecule has 8 heteroatoms. The van der Waals surface area contributed by atoms with E-state index in [9.17, 15) is 21.6 Å². The number of hydrogen-bond donors (Lipinski definition) is 1. The van der Waals surface area contributed by atoms with Gasteiger partial charge in [0.2, 0.25) is 0 Å². The Balaban J connectivity index is 4.02. The SMILES string of the molecule is CC(CN)S(=O)(=O)COCC(F)(F)F. The van der Waals surface area contributed by atoms with E-state index in [1.54, 1.807) is 0 Å². The van der Waals surface area contributed by atoms with Gasteiger partial charge in [0.05, 0.1) is 5.25 Å². The quantitative estimate of drug-likeness (QED) is 0.743. The second-order valence-corrected chi connectivity index (χ2v) is 5.16. The van der Waals surface area contributed by atoms with Gasteiger partial charge in [-0.1, -0.05) is 0 Å². The first-order valence-electron chi connectivity index (χ1n) is 3.75. The van der Waals surface area contributed by atoms with Crippen LogP contribution in [0.2, 0.25) is 0 Å². The molecule has 0 aromatic heterocycles. The molecule has 4 nitrogen and oxygen atoms in total. The Labute approximate surface area is 80.1 Å². The summed E-state index contributed by atoms with van der Waals surface area (Å²) in [5, 5.41) is -0.893. The number of sulfone groups is 1. The summed E-state index contributed by atoms with van der Waals surface area (Å²) in [4.78, 5) is 0. The molecule has 2 N–H and O–H groups in total. The first-order chi connectivity index (χ1) is 6.19. The fourth-order valence-electron chi connectivity index (χ4n) is 0.536. The van der Waals surface area contributed by atoms with E-state index < -0.39 is 33.8 Å². The van der Waals surface area contributed by atoms with Crippen molar-refractivity contribution >= 4 is 9.84 Å². The maximum Gasteiger partial charge on any atom is 0.411 e. The van der Waals surface area contributed by atoms with E-state index in [1.165, 1.54) is 6.92 Å². The molecule has 0 saturated carbocycles. The lowest BCUT2D eigenvalue weighted by Gasteiger charge is -2.11. The topological polar surface area (TPSA) is 69.4 Å². The van der Waals surface area contributed by atoms with Gasteiger partial charge in [0.1, 0.15) is 12.5 Å². The number of nitrogens with two attached hydrogens (primary N) is 1. The fraction of sp³-hybridized carbons (Fsp3) is 1.00. The molecule has 0 fully saturated rings. The molecule has 0 amide bonds. The predicted molar refractivity (Wildman–Crippen MR) is 44.3 cm³/mol. The second-order valence-electron chi connectivity index (χ2n) is 2.79. The maximum absolute atomic E-state index is 11.6. The predicted octanol–water partition coefficient (Wildman–Crippen LogP) is 0.285. The van der Waals surface area contributed by atoms with Crippen LogP contribution in [0, 0.1) is 0 Å². The third-order valence-corrected chi connectivity index (χ3v) is 3.37. The van der Waals surface area contributed by atoms with Gasteiger partial charge in [-0.3, -0.25) is 0 Å². The summed E-state index contributed by atoms with van der Waals surface area (Å²) in [6.45, 7) is -0.395. The molecule has 1 unspecified atom stereocenters. The summed E-state index contributed by atoms with van der Waals surface area (Å²) in [7, 11) is -3.68. The Morgan fingerprint density at radius 1 is 1.43 bits per heavy atom. The lowest BCUT2D eigenvalue weighted by Crippen LogP contribution is -2.31. The van der Waals surface area contributed by atoms with Gasteiger partial charge in [0.15, 0.2) is 9.84 Å². The summed E-state index contributed by atoms with van der Waals surface area (Å²) in [6, 6.07) is 0. The third-order valence-electron chi connectivity index (χ3n) is 1.46. The van der Waals surface area contributed by atoms with E-state index in [4.69, 9.17) is 5.73 Å². The smallest absolute Gasteiger partial charge is 0.356 e. The van der Waals surface area contributed by atoms with Crippen LogP contribution >= 0.6 is 0 Å². The van der Waals surface area contributed by atoms with Crippen molar-refractivity contribution in [1.29, 1.82) is 0 Å². The van der Waals surface area contributed by atoms with Crippen LogP contribution in [0.5, 0.6) is 0 Å². The number of hydrogen-bond acceptors (Lipinski definition) is 4. The van der Waals surface area contributed by atoms with Crippen LogP contribution in [0.4, 0.5) is 13.2 Å². The molecule has 0 bridgehead atoms. The highest BCUT2D eigenvalue weighted by molar-refractivity contribution is 7.91. The van der Waals surface area contributed by atoms with Crippen molar-refractivity contribution in [3.63, 3.8) is 0 Å². The zero-order valence-electron chi connectivity index (χ0n) is 7.54. The maximum atomic E-state index is 11.6. The van der Waals surface area contributed by atoms with E-state index in [2.05, 4.69) is 4.74 Å². The van der Waals surface area contributed by atoms with Crippen LogP contribution in [-0.4, -0.2) is 38.9 Å². The van der Waals surface area contributed by atoms with Crippen molar-refractivity contribution in [3.05, 3.63) is 0 Å². The van der Waals surface area contributed by atoms with Crippen molar-refractivity contribution in [2.75, 3.05) is 19.1 Å². The monoisotopic (exact) mass is 235 g/mol. The molecule has 0 rings (SSSR count). The molecule has 0 aliphatic heterocycles. The van der Waals surface area contributed by atoms with Crippen molar-refractivity contribution < 1.29 is 26.3 Å². The number of alkyl halides is 3. The van der Waals surface area contributed by atoms with Gasteiger partial charge in [-0.05, 0) is 6.92 Å². The zero-order valence-corrected chi connectivity index (χ0v) is 8.36. The molecule has 0 aromatic rings. The lowest BCUT2D eigenvalue weighted by atomic mass is 10.5. The molecule has 0 radical (unpaired) electrons. The highest BCUT2D eigenvalue weighted by Crippen LogP contribution is 2.15. The van der Waals surface area contributed by atoms with Crippen molar-refractivity contribution in [1.82, 2.24) is 0 Å². The Bertz CT molecular complexity index is 262. The largest absolute Gasteiger partial charge is 0.411 e. The number of halogens is 3. The Hall–Kier alpha value is -0.340. The number of rotatable bonds is 5. The average molecular weight is 235 g/mol. The van der Waals surface area contributed by atoms with E-state index >= 15 is 0 Å². The van der Waals surface area contributed by atoms with Crippen LogP contribution in [0.25, 0.3) is 0 Å². The number of ether oxygens (including phenoxy) is 1. The minimum Gasteiger partial charge on any atom is -0.356 e. The molecule has 86 valence electrons. The first-order valence-corrected chi connectivity index (χ1v) is 5.46. The van der Waals surface area contributed by atoms with Gasteiger partial charge in [0.25, 0.3) is 0 Å². The van der Waals surface area contributed by atoms with Crippen LogP contribution in [-0.2, 0) is 14.6 Å². The van der Waals surface area contributed by atoms with Crippen molar-refractivity contribution in [2.24, 2.45) is 5.73 Å². The molecule has 0 saturated heterocycles. The molecule has 0 aromatic carbocycles. The van der Waals surface area contributed by atoms with Crippen LogP contribution in [0.3, 0.4) is 0 Å². The summed E-state index contributed by atoms with van der Waals surface area (Å²) >= 11 is 0. The summed E-state index contributed by atoms with van der Waals surface area (Å²) in [5.74, 6) is -0.953. The molecule has 0 heterocycles. The van der Waals surface area contributed by atoms with E-state index in [1.807, 2.05) is 0 Å². The second kappa shape index (κ2) is 4.94. The normalized spacial score (nSPS) is 15.5. The van der Waals surface area contributed by atoms with Gasteiger partial charge in [0, 0.05) is 6.54 Å². The Kier molecular flexibility index (Phi) is 4.82. The summed E-state index contributed by atoms with van der Waals surface area (Å²) in [5.41, 5.74) is 5.06. The third kappa shape index (κ3) is 5.40. The molecule has 0 spiro atoms. The molecule has 0 aliphatic carbocycles. The summed E-state index contributed by atoms with van der Waals surface area (Å²) < 4.78 is 60.9. The van der Waals surface area contributed by atoms with Crippen LogP contribution in [0.1, 0.15) is 6.92 Å². The van der Waals surface area contributed by atoms with Gasteiger partial charge >= 0.3 is 6.18 Å². The van der Waals surface area contributed by atoms with E-state index in [-0.39, 0.29) is 6.54 Å². The molecular formula is C6H12F3NO3S. The fourth-order valence-corrected chi connectivity index (χ4v) is 1.38. The Morgan fingerprint density at radius 3 is 2.29 bits per heavy atom. The van der Waals surface area contributed by atoms with Crippen molar-refractivity contribution in [3.8, 4) is 0 Å². The minimum atomic E-state index is -4.51. The minimum absolute atomic E-state index is 0.141. The van der Waals surface area contributed by atoms with Gasteiger partial charge in [-0.25, -0.2) is 8.42 Å². The summed E-state index contributed by atoms with van der Waals surface area (Å²) in [6.07, 6.45) is -4.51. The van der Waals surface area contributed by atoms with Crippen LogP contribution in [0.15, 0.2) is 0 Å². The van der Waals surface area contributed by atoms with E-state index in [0.29, 0.717) is 0 Å². The van der Waals surface area contributed by atoms with Crippen LogP contribution < -0.4 is 5.73 Å². The Morgan fingerprint density at radius 2 is 1.93 bits per heavy atom.